The van der Waals surface area contributed by atoms with Crippen LogP contribution in [-0.2, 0) is 0 Å². The first-order valence-electron chi connectivity index (χ1n) is 20.5. The number of halogens is 2. The molecule has 2 saturated heterocycles. The van der Waals surface area contributed by atoms with Crippen molar-refractivity contribution in [2.24, 2.45) is 0 Å². The minimum atomic E-state index is -0.264. The summed E-state index contributed by atoms with van der Waals surface area (Å²) in [6.45, 7) is 2.87. The summed E-state index contributed by atoms with van der Waals surface area (Å²) in [5.41, 5.74) is 9.06. The number of carbonyl (C=O) groups is 2. The molecule has 2 fully saturated rings. The molecule has 300 valence electrons. The largest absolute Gasteiger partial charge is 0.342 e. The molecule has 0 spiro atoms. The number of nitrogens with one attached hydrogen (secondary N) is 2. The minimum absolute atomic E-state index is 0.0452. The number of aromatic amines is 2. The van der Waals surface area contributed by atoms with E-state index in [2.05, 4.69) is 9.97 Å². The Hall–Kier alpha value is -6.94. The Bertz CT molecular complexity index is 2680. The summed E-state index contributed by atoms with van der Waals surface area (Å²) in [5, 5.41) is 0. The molecule has 10 heteroatoms. The normalized spacial score (nSPS) is 14.9. The molecule has 0 saturated carbocycles. The van der Waals surface area contributed by atoms with E-state index in [9.17, 15) is 18.4 Å². The SMILES string of the molecule is O=C(c1ccc(-c2ccc(F)cc2)cc1)N1CCC(c2nc3ccccc3[nH]2)CC1.O=C(c1ccc(-c2cccc(F)c2)cc1)N1CCC(c2nc3ccccc3[nH]2)CC1. The van der Waals surface area contributed by atoms with Gasteiger partial charge in [0, 0.05) is 49.1 Å². The van der Waals surface area contributed by atoms with Crippen LogP contribution >= 0.6 is 0 Å². The Labute approximate surface area is 346 Å². The number of benzene rings is 6. The second-order valence-electron chi connectivity index (χ2n) is 15.6. The van der Waals surface area contributed by atoms with Gasteiger partial charge in [0.25, 0.3) is 11.8 Å². The van der Waals surface area contributed by atoms with Gasteiger partial charge < -0.3 is 19.8 Å². The number of para-hydroxylation sites is 4. The minimum Gasteiger partial charge on any atom is -0.342 e. The van der Waals surface area contributed by atoms with Crippen LogP contribution < -0.4 is 0 Å². The summed E-state index contributed by atoms with van der Waals surface area (Å²) >= 11 is 0. The van der Waals surface area contributed by atoms with Gasteiger partial charge >= 0.3 is 0 Å². The van der Waals surface area contributed by atoms with Gasteiger partial charge in [-0.3, -0.25) is 9.59 Å². The van der Waals surface area contributed by atoms with Crippen molar-refractivity contribution < 1.29 is 18.4 Å². The van der Waals surface area contributed by atoms with Gasteiger partial charge in [0.15, 0.2) is 0 Å². The van der Waals surface area contributed by atoms with E-state index >= 15 is 0 Å². The van der Waals surface area contributed by atoms with Crippen molar-refractivity contribution in [1.82, 2.24) is 29.7 Å². The standard InChI is InChI=1S/2C25H22FN3O/c26-21-5-3-4-20(16-21)17-8-10-19(11-9-17)25(30)29-14-12-18(13-15-29)24-27-22-6-1-2-7-23(22)28-24;26-21-11-9-18(10-12-21)17-5-7-20(8-6-17)25(30)29-15-13-19(14-16-29)24-27-22-3-1-2-4-23(22)28-24/h1-11,16,18H,12-15H2,(H,27,28);1-12,19H,13-16H2,(H,27,28). The van der Waals surface area contributed by atoms with Gasteiger partial charge in [0.05, 0.1) is 22.1 Å². The van der Waals surface area contributed by atoms with Crippen molar-refractivity contribution in [2.75, 3.05) is 26.2 Å². The van der Waals surface area contributed by atoms with Crippen LogP contribution in [0.1, 0.15) is 69.9 Å². The van der Waals surface area contributed by atoms with Gasteiger partial charge in [-0.25, -0.2) is 18.7 Å². The lowest BCUT2D eigenvalue weighted by molar-refractivity contribution is 0.0704. The number of fused-ring (bicyclic) bond motifs is 2. The zero-order valence-electron chi connectivity index (χ0n) is 33.0. The Morgan fingerprint density at radius 2 is 0.883 bits per heavy atom. The first kappa shape index (κ1) is 38.6. The predicted molar refractivity (Wildman–Crippen MR) is 232 cm³/mol. The van der Waals surface area contributed by atoms with E-state index in [4.69, 9.17) is 9.97 Å². The maximum absolute atomic E-state index is 13.5. The van der Waals surface area contributed by atoms with Gasteiger partial charge in [-0.1, -0.05) is 72.8 Å². The number of rotatable bonds is 6. The fraction of sp³-hybridized carbons (Fsp3) is 0.200. The molecule has 0 atom stereocenters. The van der Waals surface area contributed by atoms with Crippen molar-refractivity contribution in [3.63, 3.8) is 0 Å². The van der Waals surface area contributed by atoms with Gasteiger partial charge in [0.1, 0.15) is 23.3 Å². The number of hydrogen-bond acceptors (Lipinski definition) is 4. The smallest absolute Gasteiger partial charge is 0.253 e. The maximum atomic E-state index is 13.5. The first-order chi connectivity index (χ1) is 29.3. The molecular weight excluding hydrogens is 755 g/mol. The predicted octanol–water partition coefficient (Wildman–Crippen LogP) is 10.8. The van der Waals surface area contributed by atoms with Gasteiger partial charge in [0.2, 0.25) is 0 Å². The molecule has 60 heavy (non-hydrogen) atoms. The van der Waals surface area contributed by atoms with E-state index in [1.54, 1.807) is 18.2 Å². The lowest BCUT2D eigenvalue weighted by atomic mass is 9.95. The van der Waals surface area contributed by atoms with E-state index < -0.39 is 0 Å². The Balaban J connectivity index is 0.000000154. The van der Waals surface area contributed by atoms with Crippen molar-refractivity contribution in [3.05, 3.63) is 180 Å². The summed E-state index contributed by atoms with van der Waals surface area (Å²) in [6, 6.07) is 43.9. The van der Waals surface area contributed by atoms with Crippen LogP contribution in [0, 0.1) is 11.6 Å². The summed E-state index contributed by atoms with van der Waals surface area (Å²) in [7, 11) is 0. The highest BCUT2D eigenvalue weighted by atomic mass is 19.1. The highest BCUT2D eigenvalue weighted by Crippen LogP contribution is 2.31. The zero-order chi connectivity index (χ0) is 41.0. The molecule has 2 aliphatic heterocycles. The molecule has 2 N–H and O–H groups in total. The van der Waals surface area contributed by atoms with Crippen LogP contribution in [-0.4, -0.2) is 67.7 Å². The molecule has 4 heterocycles. The lowest BCUT2D eigenvalue weighted by Gasteiger charge is -2.31. The second kappa shape index (κ2) is 17.1. The number of likely N-dealkylation sites (tertiary alicyclic amines) is 2. The van der Waals surface area contributed by atoms with Crippen LogP contribution in [0.25, 0.3) is 44.3 Å². The van der Waals surface area contributed by atoms with Gasteiger partial charge in [-0.2, -0.15) is 0 Å². The quantitative estimate of drug-likeness (QED) is 0.175. The van der Waals surface area contributed by atoms with E-state index in [0.717, 1.165) is 94.7 Å². The molecular formula is C50H44F2N6O2. The number of aromatic nitrogens is 4. The highest BCUT2D eigenvalue weighted by molar-refractivity contribution is 5.95. The molecule has 8 nitrogen and oxygen atoms in total. The van der Waals surface area contributed by atoms with Crippen LogP contribution in [0.2, 0.25) is 0 Å². The third-order valence-corrected chi connectivity index (χ3v) is 11.8. The molecule has 0 bridgehead atoms. The summed E-state index contributed by atoms with van der Waals surface area (Å²) in [5.74, 6) is 2.32. The molecule has 8 aromatic rings. The Kier molecular flexibility index (Phi) is 11.0. The topological polar surface area (TPSA) is 98.0 Å². The van der Waals surface area contributed by atoms with Crippen molar-refractivity contribution in [1.29, 1.82) is 0 Å². The second-order valence-corrected chi connectivity index (χ2v) is 15.6. The van der Waals surface area contributed by atoms with Crippen molar-refractivity contribution in [2.45, 2.75) is 37.5 Å². The molecule has 0 unspecified atom stereocenters. The number of H-pyrrole nitrogens is 2. The third-order valence-electron chi connectivity index (χ3n) is 11.8. The zero-order valence-corrected chi connectivity index (χ0v) is 33.0. The molecule has 10 rings (SSSR count). The molecule has 2 amide bonds. The number of piperidine rings is 2. The fourth-order valence-corrected chi connectivity index (χ4v) is 8.33. The number of amides is 2. The van der Waals surface area contributed by atoms with E-state index in [-0.39, 0.29) is 23.4 Å². The Morgan fingerprint density at radius 1 is 0.467 bits per heavy atom. The van der Waals surface area contributed by atoms with Crippen LogP contribution in [0.15, 0.2) is 146 Å². The van der Waals surface area contributed by atoms with Crippen LogP contribution in [0.3, 0.4) is 0 Å². The molecule has 6 aromatic carbocycles. The Morgan fingerprint density at radius 3 is 1.32 bits per heavy atom. The number of nitrogens with zero attached hydrogens (tertiary/aromatic N) is 4. The average Bonchev–Trinajstić information content (AvgIpc) is 3.95. The van der Waals surface area contributed by atoms with Crippen LogP contribution in [0.5, 0.6) is 0 Å². The molecule has 0 aliphatic carbocycles. The summed E-state index contributed by atoms with van der Waals surface area (Å²) in [4.78, 5) is 46.0. The van der Waals surface area contributed by atoms with Gasteiger partial charge in [-0.05, 0) is 121 Å². The number of carbonyl (C=O) groups excluding carboxylic acids is 2. The van der Waals surface area contributed by atoms with E-state index in [0.29, 0.717) is 36.1 Å². The first-order valence-corrected chi connectivity index (χ1v) is 20.5. The maximum Gasteiger partial charge on any atom is 0.253 e. The average molecular weight is 799 g/mol. The number of imidazole rings is 2. The summed E-state index contributed by atoms with van der Waals surface area (Å²) in [6.07, 6.45) is 3.60. The molecule has 2 aromatic heterocycles. The number of hydrogen-bond donors (Lipinski definition) is 2. The van der Waals surface area contributed by atoms with E-state index in [1.807, 2.05) is 113 Å². The third kappa shape index (κ3) is 8.45. The lowest BCUT2D eigenvalue weighted by Crippen LogP contribution is -2.38. The summed E-state index contributed by atoms with van der Waals surface area (Å²) < 4.78 is 26.6. The van der Waals surface area contributed by atoms with Crippen molar-refractivity contribution >= 4 is 33.9 Å². The van der Waals surface area contributed by atoms with Crippen molar-refractivity contribution in [3.8, 4) is 22.3 Å². The highest BCUT2D eigenvalue weighted by Gasteiger charge is 2.28. The molecule has 0 radical (unpaired) electrons. The fourth-order valence-electron chi connectivity index (χ4n) is 8.33. The van der Waals surface area contributed by atoms with Gasteiger partial charge in [-0.15, -0.1) is 0 Å². The monoisotopic (exact) mass is 798 g/mol. The van der Waals surface area contributed by atoms with Crippen LogP contribution in [0.4, 0.5) is 8.78 Å². The van der Waals surface area contributed by atoms with E-state index in [1.165, 1.54) is 24.3 Å². The molecule has 2 aliphatic rings.